The van der Waals surface area contributed by atoms with Gasteiger partial charge in [-0.3, -0.25) is 9.79 Å². The van der Waals surface area contributed by atoms with Crippen molar-refractivity contribution in [2.45, 2.75) is 6.42 Å². The summed E-state index contributed by atoms with van der Waals surface area (Å²) < 4.78 is 0. The average molecular weight is 182 g/mol. The largest absolute Gasteiger partial charge is 0.294 e. The molecule has 0 unspecified atom stereocenters. The van der Waals surface area contributed by atoms with E-state index >= 15 is 0 Å². The zero-order chi connectivity index (χ0) is 7.68. The smallest absolute Gasteiger partial charge is 0.170 e. The number of nitrogens with zero attached hydrogens (tertiary/aromatic N) is 1. The van der Waals surface area contributed by atoms with Crippen molar-refractivity contribution in [3.63, 3.8) is 0 Å². The molecule has 0 atom stereocenters. The summed E-state index contributed by atoms with van der Waals surface area (Å²) >= 11 is 0. The van der Waals surface area contributed by atoms with Crippen LogP contribution in [-0.4, -0.2) is 12.0 Å². The van der Waals surface area contributed by atoms with E-state index in [4.69, 9.17) is 0 Å². The third-order valence-corrected chi connectivity index (χ3v) is 1.71. The lowest BCUT2D eigenvalue weighted by Crippen LogP contribution is -2.03. The van der Waals surface area contributed by atoms with Crippen LogP contribution in [0.5, 0.6) is 0 Å². The lowest BCUT2D eigenvalue weighted by Gasteiger charge is -2.06. The Kier molecular flexibility index (Phi) is 2.61. The molecule has 0 bridgehead atoms. The third-order valence-electron chi connectivity index (χ3n) is 1.71. The van der Waals surface area contributed by atoms with Crippen molar-refractivity contribution >= 4 is 30.1 Å². The number of benzene rings is 1. The fraction of sp³-hybridized carbons (Fsp3) is 0.111. The van der Waals surface area contributed by atoms with E-state index in [1.165, 1.54) is 0 Å². The number of Topliss-reactive ketones (excluding diaryl/α,β-unsaturated/α-hetero) is 1. The van der Waals surface area contributed by atoms with Gasteiger partial charge in [0.25, 0.3) is 0 Å². The van der Waals surface area contributed by atoms with Gasteiger partial charge in [-0.15, -0.1) is 12.4 Å². The Morgan fingerprint density at radius 2 is 2.00 bits per heavy atom. The summed E-state index contributed by atoms with van der Waals surface area (Å²) in [6, 6.07) is 7.41. The predicted octanol–water partition coefficient (Wildman–Crippen LogP) is 2.40. The first-order chi connectivity index (χ1) is 5.38. The van der Waals surface area contributed by atoms with Gasteiger partial charge in [-0.05, 0) is 12.1 Å². The summed E-state index contributed by atoms with van der Waals surface area (Å²) in [6.45, 7) is 0. The van der Waals surface area contributed by atoms with Gasteiger partial charge in [0.05, 0.1) is 5.69 Å². The van der Waals surface area contributed by atoms with Crippen molar-refractivity contribution in [3.05, 3.63) is 29.8 Å². The number of para-hydroxylation sites is 1. The van der Waals surface area contributed by atoms with Gasteiger partial charge in [0.15, 0.2) is 5.78 Å². The minimum Gasteiger partial charge on any atom is -0.294 e. The van der Waals surface area contributed by atoms with Crippen molar-refractivity contribution < 1.29 is 4.79 Å². The molecule has 1 aliphatic heterocycles. The lowest BCUT2D eigenvalue weighted by molar-refractivity contribution is 0.100. The van der Waals surface area contributed by atoms with E-state index in [-0.39, 0.29) is 18.2 Å². The van der Waals surface area contributed by atoms with Gasteiger partial charge in [-0.1, -0.05) is 12.1 Å². The summed E-state index contributed by atoms with van der Waals surface area (Å²) in [5.74, 6) is 0.163. The van der Waals surface area contributed by atoms with E-state index in [1.54, 1.807) is 6.21 Å². The molecule has 1 heterocycles. The van der Waals surface area contributed by atoms with E-state index in [1.807, 2.05) is 24.3 Å². The summed E-state index contributed by atoms with van der Waals surface area (Å²) in [4.78, 5) is 15.3. The van der Waals surface area contributed by atoms with E-state index in [0.717, 1.165) is 11.3 Å². The quantitative estimate of drug-likeness (QED) is 0.605. The molecule has 0 saturated heterocycles. The van der Waals surface area contributed by atoms with Crippen molar-refractivity contribution in [1.82, 2.24) is 0 Å². The highest BCUT2D eigenvalue weighted by Gasteiger charge is 2.11. The Hall–Kier alpha value is -1.15. The van der Waals surface area contributed by atoms with Gasteiger partial charge in [0.1, 0.15) is 0 Å². The molecule has 1 aromatic rings. The van der Waals surface area contributed by atoms with Crippen molar-refractivity contribution in [2.24, 2.45) is 4.99 Å². The number of hydrogen-bond acceptors (Lipinski definition) is 2. The highest BCUT2D eigenvalue weighted by atomic mass is 35.5. The van der Waals surface area contributed by atoms with Crippen molar-refractivity contribution in [2.75, 3.05) is 0 Å². The number of ketones is 1. The van der Waals surface area contributed by atoms with Crippen LogP contribution in [0.1, 0.15) is 16.8 Å². The number of carbonyl (C=O) groups is 1. The van der Waals surface area contributed by atoms with Gasteiger partial charge in [-0.25, -0.2) is 0 Å². The van der Waals surface area contributed by atoms with E-state index in [2.05, 4.69) is 4.99 Å². The molecule has 2 nitrogen and oxygen atoms in total. The van der Waals surface area contributed by atoms with Gasteiger partial charge in [0.2, 0.25) is 0 Å². The predicted molar refractivity (Wildman–Crippen MR) is 50.8 cm³/mol. The van der Waals surface area contributed by atoms with Crippen LogP contribution in [0.4, 0.5) is 5.69 Å². The van der Waals surface area contributed by atoms with Crippen molar-refractivity contribution in [3.8, 4) is 0 Å². The molecular weight excluding hydrogens is 174 g/mol. The molecule has 0 fully saturated rings. The minimum atomic E-state index is 0. The zero-order valence-electron chi connectivity index (χ0n) is 6.36. The van der Waals surface area contributed by atoms with Crippen LogP contribution < -0.4 is 0 Å². The first-order valence-electron chi connectivity index (χ1n) is 3.53. The number of hydrogen-bond donors (Lipinski definition) is 0. The summed E-state index contributed by atoms with van der Waals surface area (Å²) in [6.07, 6.45) is 2.10. The summed E-state index contributed by atoms with van der Waals surface area (Å²) in [7, 11) is 0. The summed E-state index contributed by atoms with van der Waals surface area (Å²) in [5.41, 5.74) is 1.54. The monoisotopic (exact) mass is 181 g/mol. The van der Waals surface area contributed by atoms with Crippen LogP contribution in [0, 0.1) is 0 Å². The van der Waals surface area contributed by atoms with Crippen LogP contribution in [0.3, 0.4) is 0 Å². The molecule has 0 aromatic heterocycles. The molecule has 1 aromatic carbocycles. The van der Waals surface area contributed by atoms with Gasteiger partial charge in [-0.2, -0.15) is 0 Å². The van der Waals surface area contributed by atoms with Crippen LogP contribution in [0.25, 0.3) is 0 Å². The SMILES string of the molecule is Cl.O=C1CC=Nc2ccccc21. The fourth-order valence-corrected chi connectivity index (χ4v) is 1.16. The number of halogens is 1. The maximum absolute atomic E-state index is 11.2. The molecule has 0 N–H and O–H groups in total. The fourth-order valence-electron chi connectivity index (χ4n) is 1.16. The standard InChI is InChI=1S/C9H7NO.ClH/c11-9-5-6-10-8-4-2-1-3-7(8)9;/h1-4,6H,5H2;1H. The topological polar surface area (TPSA) is 29.4 Å². The highest BCUT2D eigenvalue weighted by Crippen LogP contribution is 2.22. The lowest BCUT2D eigenvalue weighted by atomic mass is 10.0. The maximum atomic E-state index is 11.2. The van der Waals surface area contributed by atoms with Gasteiger partial charge in [0, 0.05) is 18.2 Å². The number of fused-ring (bicyclic) bond motifs is 1. The van der Waals surface area contributed by atoms with Crippen LogP contribution in [-0.2, 0) is 0 Å². The molecule has 0 saturated carbocycles. The molecule has 2 rings (SSSR count). The van der Waals surface area contributed by atoms with Gasteiger partial charge < -0.3 is 0 Å². The number of aliphatic imine (C=N–C) groups is 1. The Morgan fingerprint density at radius 3 is 2.75 bits per heavy atom. The van der Waals surface area contributed by atoms with E-state index in [0.29, 0.717) is 6.42 Å². The second kappa shape index (κ2) is 3.50. The number of rotatable bonds is 0. The molecule has 0 spiro atoms. The Labute approximate surface area is 76.7 Å². The normalized spacial score (nSPS) is 13.5. The van der Waals surface area contributed by atoms with E-state index < -0.39 is 0 Å². The Bertz CT molecular complexity index is 333. The second-order valence-electron chi connectivity index (χ2n) is 2.46. The molecule has 0 aliphatic carbocycles. The average Bonchev–Trinajstić information content (AvgIpc) is 2.06. The number of carbonyl (C=O) groups excluding carboxylic acids is 1. The van der Waals surface area contributed by atoms with Crippen LogP contribution >= 0.6 is 12.4 Å². The second-order valence-corrected chi connectivity index (χ2v) is 2.46. The molecule has 3 heteroatoms. The summed E-state index contributed by atoms with van der Waals surface area (Å²) in [5, 5.41) is 0. The van der Waals surface area contributed by atoms with Crippen molar-refractivity contribution in [1.29, 1.82) is 0 Å². The zero-order valence-corrected chi connectivity index (χ0v) is 7.17. The van der Waals surface area contributed by atoms with Crippen LogP contribution in [0.15, 0.2) is 29.3 Å². The molecular formula is C9H8ClNO. The minimum absolute atomic E-state index is 0. The molecule has 0 amide bonds. The first-order valence-corrected chi connectivity index (χ1v) is 3.53. The highest BCUT2D eigenvalue weighted by molar-refractivity contribution is 6.09. The van der Waals surface area contributed by atoms with Crippen LogP contribution in [0.2, 0.25) is 0 Å². The molecule has 1 aliphatic rings. The molecule has 12 heavy (non-hydrogen) atoms. The Balaban J connectivity index is 0.000000720. The third kappa shape index (κ3) is 1.38. The maximum Gasteiger partial charge on any atom is 0.170 e. The molecule has 62 valence electrons. The molecule has 0 radical (unpaired) electrons. The van der Waals surface area contributed by atoms with E-state index in [9.17, 15) is 4.79 Å². The first kappa shape index (κ1) is 8.94. The Morgan fingerprint density at radius 1 is 1.25 bits per heavy atom. The van der Waals surface area contributed by atoms with Gasteiger partial charge >= 0.3 is 0 Å².